The largest absolute Gasteiger partial charge is 0.455 e. The fraction of sp³-hybridized carbons (Fsp3) is 0.194. The Hall–Kier alpha value is -8.14. The number of hydrogen-bond donors (Lipinski definition) is 0. The minimum Gasteiger partial charge on any atom is -0.455 e. The van der Waals surface area contributed by atoms with Gasteiger partial charge in [0.2, 0.25) is 0 Å². The van der Waals surface area contributed by atoms with Gasteiger partial charge in [0.1, 0.15) is 22.3 Å². The second-order valence-corrected chi connectivity index (χ2v) is 23.8. The fourth-order valence-electron chi connectivity index (χ4n) is 14.9. The van der Waals surface area contributed by atoms with Crippen LogP contribution in [0.5, 0.6) is 0 Å². The van der Waals surface area contributed by atoms with Gasteiger partial charge >= 0.3 is 0 Å². The molecule has 0 bridgehead atoms. The molecule has 4 aliphatic rings. The van der Waals surface area contributed by atoms with Crippen molar-refractivity contribution in [1.82, 2.24) is 0 Å². The molecule has 75 heavy (non-hydrogen) atoms. The molecule has 0 N–H and O–H groups in total. The quantitative estimate of drug-likeness (QED) is 0.161. The number of nitrogens with zero attached hydrogens (tertiary/aromatic N) is 1. The molecule has 0 atom stereocenters. The van der Waals surface area contributed by atoms with Gasteiger partial charge in [-0.25, -0.2) is 0 Å². The van der Waals surface area contributed by atoms with Crippen LogP contribution in [0, 0.1) is 0 Å². The summed E-state index contributed by atoms with van der Waals surface area (Å²) in [6, 6.07) is 59.2. The average molecular weight is 970 g/mol. The summed E-state index contributed by atoms with van der Waals surface area (Å²) in [5.41, 5.74) is 29.7. The Morgan fingerprint density at radius 3 is 1.55 bits per heavy atom. The van der Waals surface area contributed by atoms with Crippen LogP contribution in [-0.2, 0) is 21.7 Å². The molecule has 3 heteroatoms. The Morgan fingerprint density at radius 2 is 0.880 bits per heavy atom. The highest BCUT2D eigenvalue weighted by Gasteiger charge is 2.49. The van der Waals surface area contributed by atoms with E-state index in [0.29, 0.717) is 0 Å². The second kappa shape index (κ2) is 14.8. The van der Waals surface area contributed by atoms with Crippen molar-refractivity contribution in [2.24, 2.45) is 0 Å². The molecule has 364 valence electrons. The molecule has 0 fully saturated rings. The molecule has 0 unspecified atom stereocenters. The molecule has 0 saturated carbocycles. The third kappa shape index (κ3) is 5.56. The lowest BCUT2D eigenvalue weighted by Gasteiger charge is -2.32. The molecule has 0 spiro atoms. The summed E-state index contributed by atoms with van der Waals surface area (Å²) in [6.45, 7) is 23.6. The molecule has 2 aromatic heterocycles. The zero-order valence-electron chi connectivity index (χ0n) is 44.5. The third-order valence-corrected chi connectivity index (χ3v) is 18.5. The van der Waals surface area contributed by atoms with Gasteiger partial charge in [0.15, 0.2) is 0 Å². The van der Waals surface area contributed by atoms with Gasteiger partial charge in [-0.05, 0) is 157 Å². The van der Waals surface area contributed by atoms with E-state index in [1.165, 1.54) is 111 Å². The summed E-state index contributed by atoms with van der Waals surface area (Å²) in [4.78, 5) is 2.47. The SMILES string of the molecule is C/C=C\C(=C/C)N(c1ccc2c(c1)C(C)(C)c1cc(-c3ccc4c(c3)C(C)(C)c3ccccc3-4)c3oc4ccccc4c3c1-2)c1ccc2c(c1)C(C)(C)c1c3c(c4c(oc5ccccc54)c1-2)-c1ccccc1C3(C)C. The Balaban J connectivity index is 0.910. The van der Waals surface area contributed by atoms with E-state index in [4.69, 9.17) is 8.83 Å². The van der Waals surface area contributed by atoms with Gasteiger partial charge in [0.05, 0.1) is 0 Å². The fourth-order valence-corrected chi connectivity index (χ4v) is 14.9. The number of furan rings is 2. The third-order valence-electron chi connectivity index (χ3n) is 18.5. The normalized spacial score (nSPS) is 16.6. The highest BCUT2D eigenvalue weighted by Crippen LogP contribution is 2.64. The Morgan fingerprint density at radius 1 is 0.400 bits per heavy atom. The molecule has 3 nitrogen and oxygen atoms in total. The minimum absolute atomic E-state index is 0.120. The number of hydrogen-bond acceptors (Lipinski definition) is 3. The van der Waals surface area contributed by atoms with E-state index >= 15 is 0 Å². The number of fused-ring (bicyclic) bond motifs is 22. The van der Waals surface area contributed by atoms with E-state index in [-0.39, 0.29) is 21.7 Å². The highest BCUT2D eigenvalue weighted by molar-refractivity contribution is 6.21. The van der Waals surface area contributed by atoms with Gasteiger partial charge in [0, 0.05) is 71.4 Å². The molecule has 0 radical (unpaired) electrons. The average Bonchev–Trinajstić information content (AvgIpc) is 4.41. The van der Waals surface area contributed by atoms with E-state index < -0.39 is 0 Å². The van der Waals surface area contributed by atoms with Crippen molar-refractivity contribution in [3.63, 3.8) is 0 Å². The van der Waals surface area contributed by atoms with Crippen LogP contribution in [0.1, 0.15) is 114 Å². The summed E-state index contributed by atoms with van der Waals surface area (Å²) in [5.74, 6) is 0. The summed E-state index contributed by atoms with van der Waals surface area (Å²) < 4.78 is 14.1. The van der Waals surface area contributed by atoms with Crippen molar-refractivity contribution < 1.29 is 8.83 Å². The summed E-state index contributed by atoms with van der Waals surface area (Å²) in [6.07, 6.45) is 6.65. The first-order valence-electron chi connectivity index (χ1n) is 26.9. The molecular formula is C72H59NO2. The van der Waals surface area contributed by atoms with Crippen molar-refractivity contribution in [3.05, 3.63) is 226 Å². The summed E-state index contributed by atoms with van der Waals surface area (Å²) in [5, 5.41) is 4.75. The van der Waals surface area contributed by atoms with Gasteiger partial charge in [0.25, 0.3) is 0 Å². The number of rotatable bonds is 5. The maximum Gasteiger partial charge on any atom is 0.144 e. The zero-order valence-corrected chi connectivity index (χ0v) is 44.5. The van der Waals surface area contributed by atoms with Crippen LogP contribution >= 0.6 is 0 Å². The molecule has 0 saturated heterocycles. The molecule has 15 rings (SSSR count). The van der Waals surface area contributed by atoms with Crippen LogP contribution in [-0.4, -0.2) is 0 Å². The molecular weight excluding hydrogens is 911 g/mol. The number of benzene rings is 9. The predicted octanol–water partition coefficient (Wildman–Crippen LogP) is 20.0. The lowest BCUT2D eigenvalue weighted by molar-refractivity contribution is 0.600. The first-order chi connectivity index (χ1) is 36.2. The van der Waals surface area contributed by atoms with Crippen LogP contribution in [0.3, 0.4) is 0 Å². The first-order valence-corrected chi connectivity index (χ1v) is 26.9. The van der Waals surface area contributed by atoms with Crippen molar-refractivity contribution >= 4 is 55.3 Å². The van der Waals surface area contributed by atoms with Crippen molar-refractivity contribution in [2.75, 3.05) is 4.90 Å². The van der Waals surface area contributed by atoms with Gasteiger partial charge in [-0.15, -0.1) is 0 Å². The van der Waals surface area contributed by atoms with Crippen molar-refractivity contribution in [3.8, 4) is 55.6 Å². The Labute approximate surface area is 439 Å². The zero-order chi connectivity index (χ0) is 51.2. The molecule has 0 aliphatic heterocycles. The standard InChI is InChI=1S/C72H59NO2/c1-11-21-41(12-2)73(43-32-35-48-56(38-43)72(9,10)66-64(48)68-63(50-25-16-20-29-59(50)75-68)61-46-23-14-18-27-53(46)71(7,8)65(61)66)42-31-34-47-55(37-42)70(5,6)57-39-51(67-62(60(47)57)49-24-15-19-28-58(49)74-67)40-30-33-45-44-22-13-17-26-52(44)69(3,4)54(45)36-40/h11-39H,1-10H3/b21-11-,41-12+. The van der Waals surface area contributed by atoms with Gasteiger partial charge in [-0.3, -0.25) is 0 Å². The van der Waals surface area contributed by atoms with E-state index in [1.807, 2.05) is 0 Å². The van der Waals surface area contributed by atoms with Crippen molar-refractivity contribution in [2.45, 2.75) is 90.9 Å². The maximum absolute atomic E-state index is 7.06. The smallest absolute Gasteiger partial charge is 0.144 e. The minimum atomic E-state index is -0.337. The number of allylic oxidation sites excluding steroid dienone is 3. The summed E-state index contributed by atoms with van der Waals surface area (Å²) in [7, 11) is 0. The topological polar surface area (TPSA) is 29.5 Å². The van der Waals surface area contributed by atoms with E-state index in [1.54, 1.807) is 0 Å². The lowest BCUT2D eigenvalue weighted by atomic mass is 9.72. The Bertz CT molecular complexity index is 4440. The Kier molecular flexibility index (Phi) is 8.75. The maximum atomic E-state index is 7.06. The van der Waals surface area contributed by atoms with Gasteiger partial charge in [-0.2, -0.15) is 0 Å². The summed E-state index contributed by atoms with van der Waals surface area (Å²) >= 11 is 0. The monoisotopic (exact) mass is 969 g/mol. The molecule has 9 aromatic carbocycles. The van der Waals surface area contributed by atoms with Crippen LogP contribution in [0.15, 0.2) is 190 Å². The van der Waals surface area contributed by atoms with E-state index in [9.17, 15) is 0 Å². The van der Waals surface area contributed by atoms with Gasteiger partial charge in [-0.1, -0.05) is 177 Å². The van der Waals surface area contributed by atoms with E-state index in [0.717, 1.165) is 50.4 Å². The van der Waals surface area contributed by atoms with E-state index in [2.05, 4.69) is 250 Å². The molecule has 0 amide bonds. The van der Waals surface area contributed by atoms with Crippen LogP contribution < -0.4 is 4.90 Å². The predicted molar refractivity (Wildman–Crippen MR) is 314 cm³/mol. The number of anilines is 2. The van der Waals surface area contributed by atoms with Gasteiger partial charge < -0.3 is 13.7 Å². The second-order valence-electron chi connectivity index (χ2n) is 23.8. The molecule has 2 heterocycles. The van der Waals surface area contributed by atoms with Crippen molar-refractivity contribution in [1.29, 1.82) is 0 Å². The lowest BCUT2D eigenvalue weighted by Crippen LogP contribution is -2.24. The molecule has 4 aliphatic carbocycles. The first kappa shape index (κ1) is 44.4. The van der Waals surface area contributed by atoms with Crippen LogP contribution in [0.4, 0.5) is 11.4 Å². The molecule has 11 aromatic rings. The number of para-hydroxylation sites is 2. The highest BCUT2D eigenvalue weighted by atomic mass is 16.3. The van der Waals surface area contributed by atoms with Crippen LogP contribution in [0.2, 0.25) is 0 Å². The van der Waals surface area contributed by atoms with Crippen LogP contribution in [0.25, 0.3) is 99.5 Å².